The summed E-state index contributed by atoms with van der Waals surface area (Å²) in [4.78, 5) is 16.6. The van der Waals surface area contributed by atoms with Gasteiger partial charge in [0.2, 0.25) is 5.82 Å². The first-order chi connectivity index (χ1) is 9.73. The summed E-state index contributed by atoms with van der Waals surface area (Å²) in [7, 11) is 0. The number of nitrogens with zero attached hydrogens (tertiary/aromatic N) is 1. The van der Waals surface area contributed by atoms with Gasteiger partial charge in [0.1, 0.15) is 5.01 Å². The molecule has 0 fully saturated rings. The zero-order valence-electron chi connectivity index (χ0n) is 10.9. The first kappa shape index (κ1) is 15.6. The Morgan fingerprint density at radius 2 is 1.43 bits per heavy atom. The van der Waals surface area contributed by atoms with E-state index in [4.69, 9.17) is 0 Å². The predicted molar refractivity (Wildman–Crippen MR) is 65.9 cm³/mol. The lowest BCUT2D eigenvalue weighted by Gasteiger charge is -2.06. The summed E-state index contributed by atoms with van der Waals surface area (Å²) in [5.41, 5.74) is -0.794. The second-order valence-corrected chi connectivity index (χ2v) is 5.58. The number of hydrogen-bond acceptors (Lipinski definition) is 3. The van der Waals surface area contributed by atoms with Crippen LogP contribution in [0.3, 0.4) is 0 Å². The fourth-order valence-corrected chi connectivity index (χ4v) is 2.62. The molecule has 2 nitrogen and oxygen atoms in total. The van der Waals surface area contributed by atoms with E-state index in [-0.39, 0.29) is 5.01 Å². The maximum Gasteiger partial charge on any atom is 0.200 e. The minimum absolute atomic E-state index is 0.249. The highest BCUT2D eigenvalue weighted by Crippen LogP contribution is 2.25. The topological polar surface area (TPSA) is 30.0 Å². The minimum Gasteiger partial charge on any atom is -0.293 e. The van der Waals surface area contributed by atoms with Crippen LogP contribution in [0.2, 0.25) is 0 Å². The van der Waals surface area contributed by atoms with Crippen molar-refractivity contribution in [3.05, 3.63) is 50.2 Å². The number of carbonyl (C=O) groups is 1. The van der Waals surface area contributed by atoms with Gasteiger partial charge in [-0.05, 0) is 13.8 Å². The number of thiazole rings is 1. The van der Waals surface area contributed by atoms with Gasteiger partial charge < -0.3 is 0 Å². The highest BCUT2D eigenvalue weighted by atomic mass is 32.1. The van der Waals surface area contributed by atoms with Gasteiger partial charge in [-0.3, -0.25) is 4.79 Å². The SMILES string of the molecule is Cc1nc(CC(=O)c2c(F)c(F)c(F)c(F)c2F)sc1C. The summed E-state index contributed by atoms with van der Waals surface area (Å²) >= 11 is 1.12. The van der Waals surface area contributed by atoms with Crippen LogP contribution in [0.4, 0.5) is 22.0 Å². The molecule has 0 atom stereocenters. The Hall–Kier alpha value is -1.83. The van der Waals surface area contributed by atoms with Crippen LogP contribution in [0.25, 0.3) is 0 Å². The Morgan fingerprint density at radius 3 is 1.86 bits per heavy atom. The number of Topliss-reactive ketones (excluding diaryl/α,β-unsaturated/α-hetero) is 1. The highest BCUT2D eigenvalue weighted by molar-refractivity contribution is 7.11. The summed E-state index contributed by atoms with van der Waals surface area (Å²) in [5.74, 6) is -12.0. The molecular formula is C13H8F5NOS. The Morgan fingerprint density at radius 1 is 0.952 bits per heavy atom. The fourth-order valence-electron chi connectivity index (χ4n) is 1.69. The van der Waals surface area contributed by atoms with Crippen molar-refractivity contribution >= 4 is 17.1 Å². The monoisotopic (exact) mass is 321 g/mol. The molecule has 8 heteroatoms. The molecule has 0 saturated carbocycles. The lowest BCUT2D eigenvalue weighted by Crippen LogP contribution is -2.14. The van der Waals surface area contributed by atoms with E-state index in [1.54, 1.807) is 13.8 Å². The summed E-state index contributed by atoms with van der Waals surface area (Å²) in [5, 5.41) is 0.249. The van der Waals surface area contributed by atoms with E-state index in [1.165, 1.54) is 0 Å². The predicted octanol–water partition coefficient (Wildman–Crippen LogP) is 3.88. The molecule has 0 aliphatic rings. The third-order valence-electron chi connectivity index (χ3n) is 2.87. The smallest absolute Gasteiger partial charge is 0.200 e. The molecular weight excluding hydrogens is 313 g/mol. The standard InChI is InChI=1S/C13H8F5NOS/c1-4-5(2)21-7(19-4)3-6(20)8-9(14)11(16)13(18)12(17)10(8)15/h3H2,1-2H3. The zero-order chi connectivity index (χ0) is 15.9. The molecule has 0 radical (unpaired) electrons. The molecule has 0 aliphatic heterocycles. The van der Waals surface area contributed by atoms with Gasteiger partial charge in [0.15, 0.2) is 29.1 Å². The van der Waals surface area contributed by atoms with Crippen molar-refractivity contribution in [2.24, 2.45) is 0 Å². The van der Waals surface area contributed by atoms with Gasteiger partial charge in [-0.15, -0.1) is 11.3 Å². The molecule has 2 aromatic rings. The molecule has 21 heavy (non-hydrogen) atoms. The Labute approximate surface area is 120 Å². The molecule has 1 aromatic carbocycles. The average Bonchev–Trinajstić information content (AvgIpc) is 2.73. The van der Waals surface area contributed by atoms with Crippen LogP contribution in [-0.4, -0.2) is 10.8 Å². The third kappa shape index (κ3) is 2.67. The van der Waals surface area contributed by atoms with Crippen molar-refractivity contribution in [1.29, 1.82) is 0 Å². The third-order valence-corrected chi connectivity index (χ3v) is 3.95. The van der Waals surface area contributed by atoms with E-state index in [1.807, 2.05) is 0 Å². The van der Waals surface area contributed by atoms with E-state index in [0.717, 1.165) is 16.2 Å². The summed E-state index contributed by atoms with van der Waals surface area (Å²) in [6, 6.07) is 0. The van der Waals surface area contributed by atoms with Crippen LogP contribution in [0, 0.1) is 42.9 Å². The first-order valence-electron chi connectivity index (χ1n) is 5.71. The molecule has 0 saturated heterocycles. The number of aromatic nitrogens is 1. The fraction of sp³-hybridized carbons (Fsp3) is 0.231. The number of ketones is 1. The van der Waals surface area contributed by atoms with Gasteiger partial charge >= 0.3 is 0 Å². The zero-order valence-corrected chi connectivity index (χ0v) is 11.7. The Bertz CT molecular complexity index is 692. The number of rotatable bonds is 3. The quantitative estimate of drug-likeness (QED) is 0.372. The van der Waals surface area contributed by atoms with Crippen molar-refractivity contribution in [1.82, 2.24) is 4.98 Å². The molecule has 0 amide bonds. The molecule has 0 bridgehead atoms. The number of carbonyl (C=O) groups excluding carboxylic acids is 1. The lowest BCUT2D eigenvalue weighted by atomic mass is 10.1. The van der Waals surface area contributed by atoms with Crippen molar-refractivity contribution in [3.8, 4) is 0 Å². The Kier molecular flexibility index (Phi) is 4.08. The summed E-state index contributed by atoms with van der Waals surface area (Å²) in [6.07, 6.45) is -0.530. The van der Waals surface area contributed by atoms with E-state index in [0.29, 0.717) is 5.69 Å². The van der Waals surface area contributed by atoms with Gasteiger partial charge in [0, 0.05) is 4.88 Å². The van der Waals surface area contributed by atoms with Crippen LogP contribution in [0.1, 0.15) is 25.9 Å². The van der Waals surface area contributed by atoms with Crippen molar-refractivity contribution in [3.63, 3.8) is 0 Å². The van der Waals surface area contributed by atoms with Gasteiger partial charge in [0.05, 0.1) is 17.7 Å². The normalized spacial score (nSPS) is 11.0. The second-order valence-electron chi connectivity index (χ2n) is 4.29. The first-order valence-corrected chi connectivity index (χ1v) is 6.53. The minimum atomic E-state index is -2.29. The maximum atomic E-state index is 13.5. The van der Waals surface area contributed by atoms with Crippen LogP contribution < -0.4 is 0 Å². The second kappa shape index (κ2) is 5.51. The molecule has 0 N–H and O–H groups in total. The van der Waals surface area contributed by atoms with Crippen molar-refractivity contribution in [2.45, 2.75) is 20.3 Å². The molecule has 0 unspecified atom stereocenters. The molecule has 1 heterocycles. The van der Waals surface area contributed by atoms with Gasteiger partial charge in [-0.1, -0.05) is 0 Å². The lowest BCUT2D eigenvalue weighted by molar-refractivity contribution is 0.0981. The van der Waals surface area contributed by atoms with Crippen LogP contribution >= 0.6 is 11.3 Å². The van der Waals surface area contributed by atoms with Crippen molar-refractivity contribution < 1.29 is 26.7 Å². The molecule has 0 spiro atoms. The molecule has 0 aliphatic carbocycles. The average molecular weight is 321 g/mol. The van der Waals surface area contributed by atoms with Crippen LogP contribution in [-0.2, 0) is 6.42 Å². The number of halogens is 5. The van der Waals surface area contributed by atoms with E-state index in [2.05, 4.69) is 4.98 Å². The number of aryl methyl sites for hydroxylation is 2. The molecule has 1 aromatic heterocycles. The van der Waals surface area contributed by atoms with Gasteiger partial charge in [-0.2, -0.15) is 0 Å². The number of hydrogen-bond donors (Lipinski definition) is 0. The summed E-state index contributed by atoms with van der Waals surface area (Å²) < 4.78 is 65.9. The van der Waals surface area contributed by atoms with Gasteiger partial charge in [-0.25, -0.2) is 26.9 Å². The Balaban J connectivity index is 2.44. The van der Waals surface area contributed by atoms with E-state index < -0.39 is 46.9 Å². The van der Waals surface area contributed by atoms with Crippen molar-refractivity contribution in [2.75, 3.05) is 0 Å². The largest absolute Gasteiger partial charge is 0.293 e. The number of benzene rings is 1. The molecule has 2 rings (SSSR count). The van der Waals surface area contributed by atoms with Crippen LogP contribution in [0.5, 0.6) is 0 Å². The maximum absolute atomic E-state index is 13.5. The van der Waals surface area contributed by atoms with Gasteiger partial charge in [0.25, 0.3) is 0 Å². The highest BCUT2D eigenvalue weighted by Gasteiger charge is 2.29. The summed E-state index contributed by atoms with van der Waals surface area (Å²) in [6.45, 7) is 3.41. The van der Waals surface area contributed by atoms with E-state index >= 15 is 0 Å². The molecule has 112 valence electrons. The van der Waals surface area contributed by atoms with E-state index in [9.17, 15) is 26.7 Å². The van der Waals surface area contributed by atoms with Crippen LogP contribution in [0.15, 0.2) is 0 Å².